The largest absolute Gasteiger partial charge is 0.456 e. The van der Waals surface area contributed by atoms with Gasteiger partial charge in [-0.15, -0.1) is 5.10 Å². The van der Waals surface area contributed by atoms with Crippen LogP contribution in [0.2, 0.25) is 0 Å². The maximum absolute atomic E-state index is 12.1. The lowest BCUT2D eigenvalue weighted by Crippen LogP contribution is -2.05. The maximum atomic E-state index is 12.1. The first-order valence-corrected chi connectivity index (χ1v) is 6.91. The van der Waals surface area contributed by atoms with Crippen LogP contribution in [0.5, 0.6) is 0 Å². The summed E-state index contributed by atoms with van der Waals surface area (Å²) in [7, 11) is 0. The van der Waals surface area contributed by atoms with E-state index in [-0.39, 0.29) is 6.61 Å². The molecular formula is C14H10N4O2S. The van der Waals surface area contributed by atoms with Gasteiger partial charge in [-0.1, -0.05) is 10.6 Å². The Morgan fingerprint density at radius 3 is 2.67 bits per heavy atom. The summed E-state index contributed by atoms with van der Waals surface area (Å²) in [5.41, 5.74) is 2.05. The lowest BCUT2D eigenvalue weighted by molar-refractivity contribution is 0.0479. The second kappa shape index (κ2) is 6.19. The molecule has 0 saturated carbocycles. The summed E-state index contributed by atoms with van der Waals surface area (Å²) in [6.07, 6.45) is 6.61. The molecule has 0 spiro atoms. The molecule has 3 aromatic rings. The van der Waals surface area contributed by atoms with E-state index in [0.717, 1.165) is 22.7 Å². The summed E-state index contributed by atoms with van der Waals surface area (Å²) in [5.74, 6) is -0.451. The van der Waals surface area contributed by atoms with Gasteiger partial charge < -0.3 is 4.74 Å². The topological polar surface area (TPSA) is 77.9 Å². The molecule has 0 bridgehead atoms. The van der Waals surface area contributed by atoms with Crippen molar-refractivity contribution >= 4 is 17.5 Å². The molecule has 0 fully saturated rings. The molecule has 3 rings (SSSR count). The van der Waals surface area contributed by atoms with Gasteiger partial charge in [0.1, 0.15) is 12.3 Å². The molecule has 0 radical (unpaired) electrons. The second-order valence-corrected chi connectivity index (χ2v) is 4.88. The van der Waals surface area contributed by atoms with Crippen LogP contribution in [0.3, 0.4) is 0 Å². The number of hydrogen-bond acceptors (Lipinski definition) is 7. The summed E-state index contributed by atoms with van der Waals surface area (Å²) < 4.78 is 9.09. The van der Waals surface area contributed by atoms with Crippen molar-refractivity contribution in [2.24, 2.45) is 0 Å². The van der Waals surface area contributed by atoms with Crippen LogP contribution in [0.15, 0.2) is 49.1 Å². The number of rotatable bonds is 4. The maximum Gasteiger partial charge on any atom is 0.352 e. The zero-order valence-corrected chi connectivity index (χ0v) is 11.7. The molecule has 104 valence electrons. The fourth-order valence-electron chi connectivity index (χ4n) is 1.71. The summed E-state index contributed by atoms with van der Waals surface area (Å²) in [6, 6.07) is 7.23. The van der Waals surface area contributed by atoms with Gasteiger partial charge in [0, 0.05) is 35.9 Å². The van der Waals surface area contributed by atoms with E-state index >= 15 is 0 Å². The van der Waals surface area contributed by atoms with Crippen LogP contribution in [0.1, 0.15) is 15.2 Å². The van der Waals surface area contributed by atoms with Gasteiger partial charge in [-0.05, 0) is 29.7 Å². The van der Waals surface area contributed by atoms with Crippen molar-refractivity contribution in [2.45, 2.75) is 6.61 Å². The molecule has 0 unspecified atom stereocenters. The highest BCUT2D eigenvalue weighted by atomic mass is 32.1. The predicted octanol–water partition coefficient (Wildman–Crippen LogP) is 2.35. The zero-order valence-electron chi connectivity index (χ0n) is 10.8. The average Bonchev–Trinajstić information content (AvgIpc) is 3.04. The van der Waals surface area contributed by atoms with Crippen LogP contribution in [0.4, 0.5) is 0 Å². The number of esters is 1. The van der Waals surface area contributed by atoms with Crippen molar-refractivity contribution < 1.29 is 9.53 Å². The minimum Gasteiger partial charge on any atom is -0.456 e. The van der Waals surface area contributed by atoms with Crippen molar-refractivity contribution in [2.75, 3.05) is 0 Å². The summed E-state index contributed by atoms with van der Waals surface area (Å²) in [6.45, 7) is 0.164. The van der Waals surface area contributed by atoms with Crippen LogP contribution >= 0.6 is 11.5 Å². The van der Waals surface area contributed by atoms with Crippen LogP contribution in [-0.2, 0) is 11.3 Å². The molecule has 0 saturated heterocycles. The summed E-state index contributed by atoms with van der Waals surface area (Å²) in [5, 5.41) is 3.98. The number of hydrogen-bond donors (Lipinski definition) is 0. The number of carbonyl (C=O) groups excluding carboxylic acids is 1. The smallest absolute Gasteiger partial charge is 0.352 e. The zero-order chi connectivity index (χ0) is 14.5. The first-order chi connectivity index (χ1) is 10.3. The fraction of sp³-hybridized carbons (Fsp3) is 0.0714. The molecule has 3 heterocycles. The number of aromatic nitrogens is 4. The second-order valence-electron chi connectivity index (χ2n) is 4.13. The Kier molecular flexibility index (Phi) is 3.92. The predicted molar refractivity (Wildman–Crippen MR) is 76.5 cm³/mol. The molecule has 0 aliphatic heterocycles. The minimum absolute atomic E-state index is 0.164. The van der Waals surface area contributed by atoms with Crippen molar-refractivity contribution in [3.05, 3.63) is 59.5 Å². The van der Waals surface area contributed by atoms with E-state index < -0.39 is 5.97 Å². The lowest BCUT2D eigenvalue weighted by atomic mass is 10.2. The van der Waals surface area contributed by atoms with Crippen LogP contribution in [0.25, 0.3) is 11.3 Å². The number of pyridine rings is 2. The Balaban J connectivity index is 1.76. The van der Waals surface area contributed by atoms with Gasteiger partial charge in [-0.2, -0.15) is 0 Å². The molecule has 21 heavy (non-hydrogen) atoms. The number of ether oxygens (including phenoxy) is 1. The van der Waals surface area contributed by atoms with Crippen LogP contribution in [-0.4, -0.2) is 25.5 Å². The monoisotopic (exact) mass is 298 g/mol. The van der Waals surface area contributed by atoms with Gasteiger partial charge >= 0.3 is 5.97 Å². The van der Waals surface area contributed by atoms with E-state index in [1.54, 1.807) is 36.9 Å². The highest BCUT2D eigenvalue weighted by molar-refractivity contribution is 7.08. The molecule has 6 nitrogen and oxygen atoms in total. The first-order valence-electron chi connectivity index (χ1n) is 6.13. The third-order valence-electron chi connectivity index (χ3n) is 2.70. The molecule has 0 aliphatic rings. The van der Waals surface area contributed by atoms with Gasteiger partial charge in [0.15, 0.2) is 4.88 Å². The number of nitrogens with zero attached hydrogens (tertiary/aromatic N) is 4. The SMILES string of the molecule is O=C(OCc1cccnc1)c1snnc1-c1cccnc1. The third-order valence-corrected chi connectivity index (χ3v) is 3.41. The van der Waals surface area contributed by atoms with Gasteiger partial charge in [-0.25, -0.2) is 4.79 Å². The van der Waals surface area contributed by atoms with E-state index in [1.807, 2.05) is 12.1 Å². The molecule has 0 N–H and O–H groups in total. The van der Waals surface area contributed by atoms with E-state index in [2.05, 4.69) is 19.6 Å². The standard InChI is InChI=1S/C14H10N4O2S/c19-14(20-9-10-3-1-5-15-7-10)13-12(17-18-21-13)11-4-2-6-16-8-11/h1-8H,9H2. The lowest BCUT2D eigenvalue weighted by Gasteiger charge is -2.04. The third kappa shape index (κ3) is 3.09. The van der Waals surface area contributed by atoms with E-state index in [4.69, 9.17) is 4.74 Å². The van der Waals surface area contributed by atoms with Crippen molar-refractivity contribution in [3.8, 4) is 11.3 Å². The van der Waals surface area contributed by atoms with Gasteiger partial charge in [-0.3, -0.25) is 9.97 Å². The Labute approximate surface area is 124 Å². The quantitative estimate of drug-likeness (QED) is 0.688. The highest BCUT2D eigenvalue weighted by Gasteiger charge is 2.19. The summed E-state index contributed by atoms with van der Waals surface area (Å²) in [4.78, 5) is 20.5. The Morgan fingerprint density at radius 2 is 1.95 bits per heavy atom. The average molecular weight is 298 g/mol. The van der Waals surface area contributed by atoms with Crippen molar-refractivity contribution in [1.29, 1.82) is 0 Å². The van der Waals surface area contributed by atoms with Crippen LogP contribution in [0, 0.1) is 0 Å². The van der Waals surface area contributed by atoms with E-state index in [9.17, 15) is 4.79 Å². The number of carbonyl (C=O) groups is 1. The molecule has 0 aliphatic carbocycles. The summed E-state index contributed by atoms with van der Waals surface area (Å²) >= 11 is 1.01. The molecule has 7 heteroatoms. The minimum atomic E-state index is -0.451. The van der Waals surface area contributed by atoms with E-state index in [0.29, 0.717) is 10.6 Å². The fourth-order valence-corrected chi connectivity index (χ4v) is 2.30. The normalized spacial score (nSPS) is 10.3. The van der Waals surface area contributed by atoms with Crippen molar-refractivity contribution in [1.82, 2.24) is 19.6 Å². The Bertz CT molecular complexity index is 731. The molecule has 0 atom stereocenters. The van der Waals surface area contributed by atoms with Crippen LogP contribution < -0.4 is 0 Å². The molecular weight excluding hydrogens is 288 g/mol. The van der Waals surface area contributed by atoms with E-state index in [1.165, 1.54) is 0 Å². The molecule has 3 aromatic heterocycles. The molecule has 0 amide bonds. The Morgan fingerprint density at radius 1 is 1.14 bits per heavy atom. The highest BCUT2D eigenvalue weighted by Crippen LogP contribution is 2.23. The molecule has 0 aromatic carbocycles. The van der Waals surface area contributed by atoms with Gasteiger partial charge in [0.05, 0.1) is 0 Å². The van der Waals surface area contributed by atoms with Gasteiger partial charge in [0.2, 0.25) is 0 Å². The first kappa shape index (κ1) is 13.3. The van der Waals surface area contributed by atoms with Gasteiger partial charge in [0.25, 0.3) is 0 Å². The van der Waals surface area contributed by atoms with Crippen molar-refractivity contribution in [3.63, 3.8) is 0 Å². The Hall–Kier alpha value is -2.67.